The van der Waals surface area contributed by atoms with Crippen molar-refractivity contribution in [1.29, 1.82) is 0 Å². The van der Waals surface area contributed by atoms with Crippen LogP contribution >= 0.6 is 0 Å². The average molecular weight is 336 g/mol. The molecule has 3 heterocycles. The summed E-state index contributed by atoms with van der Waals surface area (Å²) in [7, 11) is 0. The predicted molar refractivity (Wildman–Crippen MR) is 82.8 cm³/mol. The highest BCUT2D eigenvalue weighted by atomic mass is 16.7. The van der Waals surface area contributed by atoms with E-state index in [1.807, 2.05) is 6.08 Å². The van der Waals surface area contributed by atoms with Crippen LogP contribution in [0, 0.1) is 11.8 Å². The van der Waals surface area contributed by atoms with Crippen LogP contribution in [0.2, 0.25) is 0 Å². The highest BCUT2D eigenvalue weighted by molar-refractivity contribution is 5.67. The topological polar surface area (TPSA) is 71.1 Å². The molecule has 2 bridgehead atoms. The lowest BCUT2D eigenvalue weighted by Gasteiger charge is -2.58. The molecule has 1 unspecified atom stereocenters. The van der Waals surface area contributed by atoms with E-state index >= 15 is 0 Å². The smallest absolute Gasteiger partial charge is 0.304 e. The Morgan fingerprint density at radius 3 is 2.62 bits per heavy atom. The first-order chi connectivity index (χ1) is 11.4. The third-order valence-corrected chi connectivity index (χ3v) is 6.18. The van der Waals surface area contributed by atoms with Crippen molar-refractivity contribution >= 4 is 11.9 Å². The fraction of sp³-hybridized carbons (Fsp3) is 0.778. The number of ether oxygens (including phenoxy) is 4. The maximum atomic E-state index is 11.9. The lowest BCUT2D eigenvalue weighted by atomic mass is 9.64. The number of hydrogen-bond donors (Lipinski definition) is 0. The van der Waals surface area contributed by atoms with Crippen molar-refractivity contribution in [3.05, 3.63) is 12.7 Å². The minimum absolute atomic E-state index is 0.101. The standard InChI is InChI=1S/C18H24O6/c1-4-5-12-8-17(23-11(3)20)9-16(21-10(2)19)24-18(17)14(12)6-13-7-15(18)22-13/h4,12-16H,1,5-9H2,2-3H3/t12-,13-,14-,15?,16+,17+,18+/m1/s1. The van der Waals surface area contributed by atoms with Crippen LogP contribution in [0.25, 0.3) is 0 Å². The summed E-state index contributed by atoms with van der Waals surface area (Å²) in [6.45, 7) is 6.66. The van der Waals surface area contributed by atoms with Gasteiger partial charge in [-0.2, -0.15) is 0 Å². The number of carbonyl (C=O) groups is 2. The number of rotatable bonds is 4. The number of hydrogen-bond acceptors (Lipinski definition) is 6. The van der Waals surface area contributed by atoms with Crippen LogP contribution < -0.4 is 0 Å². The van der Waals surface area contributed by atoms with Crippen LogP contribution in [0.15, 0.2) is 12.7 Å². The van der Waals surface area contributed by atoms with E-state index in [-0.39, 0.29) is 24.1 Å². The van der Waals surface area contributed by atoms with Crippen molar-refractivity contribution < 1.29 is 28.5 Å². The molecule has 7 atom stereocenters. The van der Waals surface area contributed by atoms with Gasteiger partial charge in [-0.25, -0.2) is 0 Å². The van der Waals surface area contributed by atoms with Gasteiger partial charge in [-0.1, -0.05) is 6.08 Å². The normalized spacial score (nSPS) is 48.0. The van der Waals surface area contributed by atoms with Gasteiger partial charge >= 0.3 is 11.9 Å². The number of esters is 2. The second-order valence-electron chi connectivity index (χ2n) is 7.56. The molecule has 132 valence electrons. The first kappa shape index (κ1) is 16.1. The molecule has 2 saturated carbocycles. The van der Waals surface area contributed by atoms with Crippen LogP contribution in [-0.4, -0.2) is 41.6 Å². The minimum atomic E-state index is -0.784. The van der Waals surface area contributed by atoms with Gasteiger partial charge in [0.25, 0.3) is 0 Å². The van der Waals surface area contributed by atoms with E-state index in [0.717, 1.165) is 19.3 Å². The SMILES string of the molecule is C=CC[C@@H]1C[C@]2(OC(C)=O)C[C@@H](OC(C)=O)O[C@@]23C2C[C@@H](C[C@H]13)O2. The highest BCUT2D eigenvalue weighted by Gasteiger charge is 2.79. The van der Waals surface area contributed by atoms with Gasteiger partial charge in [-0.15, -0.1) is 6.58 Å². The molecule has 0 aromatic heterocycles. The summed E-state index contributed by atoms with van der Waals surface area (Å²) in [4.78, 5) is 23.3. The highest BCUT2D eigenvalue weighted by Crippen LogP contribution is 2.67. The molecule has 6 heteroatoms. The van der Waals surface area contributed by atoms with E-state index in [4.69, 9.17) is 18.9 Å². The second kappa shape index (κ2) is 5.30. The van der Waals surface area contributed by atoms with E-state index in [1.54, 1.807) is 0 Å². The zero-order valence-electron chi connectivity index (χ0n) is 14.2. The summed E-state index contributed by atoms with van der Waals surface area (Å²) in [6, 6.07) is 0. The molecule has 6 nitrogen and oxygen atoms in total. The maximum Gasteiger partial charge on any atom is 0.304 e. The van der Waals surface area contributed by atoms with Gasteiger partial charge < -0.3 is 18.9 Å². The van der Waals surface area contributed by atoms with E-state index in [2.05, 4.69) is 6.58 Å². The van der Waals surface area contributed by atoms with Gasteiger partial charge in [0.1, 0.15) is 5.60 Å². The van der Waals surface area contributed by atoms with Crippen molar-refractivity contribution in [2.24, 2.45) is 11.8 Å². The summed E-state index contributed by atoms with van der Waals surface area (Å²) < 4.78 is 23.6. The van der Waals surface area contributed by atoms with Gasteiger partial charge in [0.15, 0.2) is 5.60 Å². The van der Waals surface area contributed by atoms with Crippen LogP contribution in [-0.2, 0) is 28.5 Å². The lowest BCUT2D eigenvalue weighted by Crippen LogP contribution is -2.70. The molecule has 0 aromatic carbocycles. The summed E-state index contributed by atoms with van der Waals surface area (Å²) >= 11 is 0. The molecule has 5 fully saturated rings. The molecular weight excluding hydrogens is 312 g/mol. The molecule has 1 spiro atoms. The largest absolute Gasteiger partial charge is 0.456 e. The Labute approximate surface area is 141 Å². The zero-order valence-corrected chi connectivity index (χ0v) is 14.2. The third-order valence-electron chi connectivity index (χ3n) is 6.18. The Kier molecular flexibility index (Phi) is 3.55. The first-order valence-electron chi connectivity index (χ1n) is 8.71. The van der Waals surface area contributed by atoms with E-state index in [9.17, 15) is 9.59 Å². The summed E-state index contributed by atoms with van der Waals surface area (Å²) in [5.74, 6) is -0.153. The monoisotopic (exact) mass is 336 g/mol. The van der Waals surface area contributed by atoms with Gasteiger partial charge in [-0.05, 0) is 25.2 Å². The summed E-state index contributed by atoms with van der Waals surface area (Å²) in [6.07, 6.45) is 5.14. The Hall–Kier alpha value is -1.40. The Morgan fingerprint density at radius 2 is 2.00 bits per heavy atom. The van der Waals surface area contributed by atoms with Crippen molar-refractivity contribution in [3.8, 4) is 0 Å². The fourth-order valence-electron chi connectivity index (χ4n) is 5.68. The van der Waals surface area contributed by atoms with E-state index < -0.39 is 23.5 Å². The predicted octanol–water partition coefficient (Wildman–Crippen LogP) is 2.11. The zero-order chi connectivity index (χ0) is 17.1. The van der Waals surface area contributed by atoms with Crippen molar-refractivity contribution in [2.75, 3.05) is 0 Å². The fourth-order valence-corrected chi connectivity index (χ4v) is 5.68. The van der Waals surface area contributed by atoms with Crippen molar-refractivity contribution in [3.63, 3.8) is 0 Å². The average Bonchev–Trinajstić information content (AvgIpc) is 2.82. The Bertz CT molecular complexity index is 582. The molecule has 3 aliphatic heterocycles. The van der Waals surface area contributed by atoms with Crippen LogP contribution in [0.1, 0.15) is 46.0 Å². The van der Waals surface area contributed by atoms with Crippen LogP contribution in [0.3, 0.4) is 0 Å². The number of carbonyl (C=O) groups excluding carboxylic acids is 2. The molecule has 5 rings (SSSR count). The van der Waals surface area contributed by atoms with Crippen molar-refractivity contribution in [1.82, 2.24) is 0 Å². The molecule has 2 aliphatic carbocycles. The molecule has 0 amide bonds. The van der Waals surface area contributed by atoms with Gasteiger partial charge in [0, 0.05) is 26.2 Å². The molecule has 0 radical (unpaired) electrons. The van der Waals surface area contributed by atoms with Crippen LogP contribution in [0.4, 0.5) is 0 Å². The molecule has 3 saturated heterocycles. The molecule has 5 aliphatic rings. The first-order valence-corrected chi connectivity index (χ1v) is 8.71. The van der Waals surface area contributed by atoms with E-state index in [1.165, 1.54) is 13.8 Å². The summed E-state index contributed by atoms with van der Waals surface area (Å²) in [5.41, 5.74) is -1.49. The van der Waals surface area contributed by atoms with Gasteiger partial charge in [0.05, 0.1) is 18.6 Å². The quantitative estimate of drug-likeness (QED) is 0.578. The Balaban J connectivity index is 1.74. The molecule has 0 N–H and O–H groups in total. The molecule has 0 aromatic rings. The maximum absolute atomic E-state index is 11.9. The Morgan fingerprint density at radius 1 is 1.25 bits per heavy atom. The van der Waals surface area contributed by atoms with E-state index in [0.29, 0.717) is 18.8 Å². The second-order valence-corrected chi connectivity index (χ2v) is 7.56. The third kappa shape index (κ3) is 2.02. The lowest BCUT2D eigenvalue weighted by molar-refractivity contribution is -0.322. The van der Waals surface area contributed by atoms with Crippen molar-refractivity contribution in [2.45, 2.75) is 75.7 Å². The van der Waals surface area contributed by atoms with Gasteiger partial charge in [0.2, 0.25) is 6.29 Å². The molecule has 24 heavy (non-hydrogen) atoms. The summed E-state index contributed by atoms with van der Waals surface area (Å²) in [5, 5.41) is 0. The van der Waals surface area contributed by atoms with Gasteiger partial charge in [-0.3, -0.25) is 9.59 Å². The molecular formula is C18H24O6. The minimum Gasteiger partial charge on any atom is -0.456 e. The number of allylic oxidation sites excluding steroid dienone is 1. The van der Waals surface area contributed by atoms with Crippen LogP contribution in [0.5, 0.6) is 0 Å².